The molecule has 0 N–H and O–H groups in total. The van der Waals surface area contributed by atoms with Crippen LogP contribution in [0.15, 0.2) is 34.6 Å². The van der Waals surface area contributed by atoms with Crippen LogP contribution < -0.4 is 0 Å². The first-order valence-electron chi connectivity index (χ1n) is 5.31. The first kappa shape index (κ1) is 13.5. The van der Waals surface area contributed by atoms with Crippen molar-refractivity contribution in [3.63, 3.8) is 0 Å². The van der Waals surface area contributed by atoms with Crippen LogP contribution in [0.4, 0.5) is 18.9 Å². The molecule has 0 aliphatic rings. The molecule has 17 heavy (non-hydrogen) atoms. The third-order valence-electron chi connectivity index (χ3n) is 2.21. The van der Waals surface area contributed by atoms with Crippen molar-refractivity contribution >= 4 is 5.69 Å². The Morgan fingerprint density at radius 1 is 1.06 bits per heavy atom. The molecule has 0 aliphatic carbocycles. The Balaban J connectivity index is 2.75. The van der Waals surface area contributed by atoms with Crippen molar-refractivity contribution in [3.05, 3.63) is 29.8 Å². The molecule has 1 aromatic carbocycles. The minimum Gasteiger partial charge on any atom is -0.279 e. The van der Waals surface area contributed by atoms with Gasteiger partial charge in [-0.2, -0.15) is 13.2 Å². The molecular weight excluding hydrogens is 231 g/mol. The average Bonchev–Trinajstić information content (AvgIpc) is 2.30. The van der Waals surface area contributed by atoms with E-state index in [0.29, 0.717) is 18.8 Å². The summed E-state index contributed by atoms with van der Waals surface area (Å²) in [7, 11) is 0. The molecule has 0 bridgehead atoms. The molecule has 0 atom stereocenters. The minimum atomic E-state index is -4.31. The molecule has 3 nitrogen and oxygen atoms in total. The maximum Gasteiger partial charge on any atom is 0.416 e. The molecule has 0 fully saturated rings. The van der Waals surface area contributed by atoms with Gasteiger partial charge in [-0.15, -0.1) is 5.11 Å². The van der Waals surface area contributed by atoms with Crippen molar-refractivity contribution in [2.75, 3.05) is 13.1 Å². The van der Waals surface area contributed by atoms with Gasteiger partial charge < -0.3 is 0 Å². The van der Waals surface area contributed by atoms with E-state index in [1.807, 2.05) is 13.8 Å². The van der Waals surface area contributed by atoms with Gasteiger partial charge in [0.05, 0.1) is 11.3 Å². The van der Waals surface area contributed by atoms with E-state index in [4.69, 9.17) is 0 Å². The van der Waals surface area contributed by atoms with Crippen molar-refractivity contribution in [1.82, 2.24) is 5.01 Å². The summed E-state index contributed by atoms with van der Waals surface area (Å²) >= 11 is 0. The van der Waals surface area contributed by atoms with Crippen molar-refractivity contribution < 1.29 is 13.2 Å². The van der Waals surface area contributed by atoms with Gasteiger partial charge in [-0.1, -0.05) is 5.22 Å². The molecular formula is C11H14F3N3. The highest BCUT2D eigenvalue weighted by Crippen LogP contribution is 2.30. The van der Waals surface area contributed by atoms with Crippen LogP contribution in [0.3, 0.4) is 0 Å². The fourth-order valence-corrected chi connectivity index (χ4v) is 1.18. The van der Waals surface area contributed by atoms with E-state index in [-0.39, 0.29) is 0 Å². The Hall–Kier alpha value is -1.59. The van der Waals surface area contributed by atoms with Crippen molar-refractivity contribution in [2.45, 2.75) is 20.0 Å². The second-order valence-electron chi connectivity index (χ2n) is 3.37. The lowest BCUT2D eigenvalue weighted by Crippen LogP contribution is -2.14. The van der Waals surface area contributed by atoms with Gasteiger partial charge in [-0.3, -0.25) is 5.01 Å². The van der Waals surface area contributed by atoms with Gasteiger partial charge in [0.2, 0.25) is 0 Å². The van der Waals surface area contributed by atoms with Gasteiger partial charge in [-0.25, -0.2) is 0 Å². The quantitative estimate of drug-likeness (QED) is 0.581. The molecule has 1 rings (SSSR count). The SMILES string of the molecule is CCN(CC)N=Nc1ccc(C(F)(F)F)cc1. The number of rotatable bonds is 4. The van der Waals surface area contributed by atoms with Crippen molar-refractivity contribution in [1.29, 1.82) is 0 Å². The molecule has 0 amide bonds. The first-order valence-corrected chi connectivity index (χ1v) is 5.31. The summed E-state index contributed by atoms with van der Waals surface area (Å²) in [4.78, 5) is 0. The van der Waals surface area contributed by atoms with Crippen LogP contribution >= 0.6 is 0 Å². The topological polar surface area (TPSA) is 28.0 Å². The lowest BCUT2D eigenvalue weighted by Gasteiger charge is -2.11. The van der Waals surface area contributed by atoms with Gasteiger partial charge in [-0.05, 0) is 38.1 Å². The first-order chi connectivity index (χ1) is 7.97. The van der Waals surface area contributed by atoms with Crippen LogP contribution in [0.5, 0.6) is 0 Å². The van der Waals surface area contributed by atoms with Crippen LogP contribution in [-0.2, 0) is 6.18 Å². The van der Waals surface area contributed by atoms with Gasteiger partial charge in [0, 0.05) is 13.1 Å². The summed E-state index contributed by atoms with van der Waals surface area (Å²) in [5, 5.41) is 9.46. The lowest BCUT2D eigenvalue weighted by atomic mass is 10.2. The largest absolute Gasteiger partial charge is 0.416 e. The molecule has 94 valence electrons. The molecule has 0 unspecified atom stereocenters. The number of halogens is 3. The highest BCUT2D eigenvalue weighted by molar-refractivity contribution is 5.38. The Morgan fingerprint density at radius 3 is 2.00 bits per heavy atom. The molecule has 0 heterocycles. The van der Waals surface area contributed by atoms with Crippen LogP contribution in [0.25, 0.3) is 0 Å². The summed E-state index contributed by atoms with van der Waals surface area (Å²) in [5.41, 5.74) is -0.274. The monoisotopic (exact) mass is 245 g/mol. The Kier molecular flexibility index (Phi) is 4.48. The summed E-state index contributed by atoms with van der Waals surface area (Å²) in [6, 6.07) is 4.60. The van der Waals surface area contributed by atoms with Gasteiger partial charge >= 0.3 is 6.18 Å². The van der Waals surface area contributed by atoms with E-state index >= 15 is 0 Å². The number of hydrogen-bond donors (Lipinski definition) is 0. The second kappa shape index (κ2) is 5.65. The third kappa shape index (κ3) is 4.05. The van der Waals surface area contributed by atoms with Crippen LogP contribution in [-0.4, -0.2) is 18.1 Å². The predicted molar refractivity (Wildman–Crippen MR) is 58.9 cm³/mol. The Labute approximate surface area is 97.9 Å². The molecule has 0 saturated heterocycles. The highest BCUT2D eigenvalue weighted by atomic mass is 19.4. The predicted octanol–water partition coefficient (Wildman–Crippen LogP) is 4.05. The van der Waals surface area contributed by atoms with Gasteiger partial charge in [0.1, 0.15) is 0 Å². The van der Waals surface area contributed by atoms with E-state index in [1.165, 1.54) is 12.1 Å². The Bertz CT molecular complexity index is 367. The Morgan fingerprint density at radius 2 is 1.59 bits per heavy atom. The lowest BCUT2D eigenvalue weighted by molar-refractivity contribution is -0.137. The standard InChI is InChI=1S/C11H14F3N3/c1-3-17(4-2)16-15-10-7-5-9(6-8-10)11(12,13)14/h5-8H,3-4H2,1-2H3. The maximum atomic E-state index is 12.3. The molecule has 0 aliphatic heterocycles. The van der Waals surface area contributed by atoms with E-state index in [1.54, 1.807) is 5.01 Å². The zero-order valence-electron chi connectivity index (χ0n) is 9.70. The normalized spacial score (nSPS) is 12.1. The maximum absolute atomic E-state index is 12.3. The summed E-state index contributed by atoms with van der Waals surface area (Å²) in [6.07, 6.45) is -4.31. The average molecular weight is 245 g/mol. The molecule has 0 spiro atoms. The van der Waals surface area contributed by atoms with Crippen molar-refractivity contribution in [3.8, 4) is 0 Å². The van der Waals surface area contributed by atoms with E-state index in [9.17, 15) is 13.2 Å². The molecule has 0 radical (unpaired) electrons. The number of nitrogens with zero attached hydrogens (tertiary/aromatic N) is 3. The fourth-order valence-electron chi connectivity index (χ4n) is 1.18. The summed E-state index contributed by atoms with van der Waals surface area (Å²) in [5.74, 6) is 0. The second-order valence-corrected chi connectivity index (χ2v) is 3.37. The van der Waals surface area contributed by atoms with Crippen molar-refractivity contribution in [2.24, 2.45) is 10.3 Å². The molecule has 0 saturated carbocycles. The van der Waals surface area contributed by atoms with Gasteiger partial charge in [0.25, 0.3) is 0 Å². The molecule has 0 aromatic heterocycles. The highest BCUT2D eigenvalue weighted by Gasteiger charge is 2.29. The van der Waals surface area contributed by atoms with E-state index < -0.39 is 11.7 Å². The third-order valence-corrected chi connectivity index (χ3v) is 2.21. The zero-order valence-corrected chi connectivity index (χ0v) is 9.70. The molecule has 1 aromatic rings. The minimum absolute atomic E-state index is 0.407. The number of benzene rings is 1. The molecule has 6 heteroatoms. The number of hydrogen-bond acceptors (Lipinski definition) is 2. The fraction of sp³-hybridized carbons (Fsp3) is 0.455. The zero-order chi connectivity index (χ0) is 12.9. The van der Waals surface area contributed by atoms with E-state index in [2.05, 4.69) is 10.3 Å². The van der Waals surface area contributed by atoms with E-state index in [0.717, 1.165) is 12.1 Å². The van der Waals surface area contributed by atoms with Gasteiger partial charge in [0.15, 0.2) is 0 Å². The van der Waals surface area contributed by atoms with Crippen LogP contribution in [0.1, 0.15) is 19.4 Å². The smallest absolute Gasteiger partial charge is 0.279 e. The van der Waals surface area contributed by atoms with Crippen LogP contribution in [0, 0.1) is 0 Å². The van der Waals surface area contributed by atoms with Crippen LogP contribution in [0.2, 0.25) is 0 Å². The number of alkyl halides is 3. The summed E-state index contributed by atoms with van der Waals surface area (Å²) < 4.78 is 36.8. The summed E-state index contributed by atoms with van der Waals surface area (Å²) in [6.45, 7) is 5.27.